The largest absolute Gasteiger partial charge is 0.438 e. The zero-order valence-electron chi connectivity index (χ0n) is 8.79. The fraction of sp³-hybridized carbons (Fsp3) is 0.556. The standard InChI is InChI=1S/C7H10N2O2.C2H6/c1-5-6(11-4-8-5)7(10)9(2)3;1-2/h4H,1-3H3;1-2H3. The van der Waals surface area contributed by atoms with Crippen LogP contribution in [0, 0.1) is 6.92 Å². The van der Waals surface area contributed by atoms with Crippen molar-refractivity contribution in [3.05, 3.63) is 17.8 Å². The number of hydrogen-bond donors (Lipinski definition) is 0. The van der Waals surface area contributed by atoms with Crippen LogP contribution in [0.4, 0.5) is 0 Å². The fourth-order valence-corrected chi connectivity index (χ4v) is 0.710. The molecular weight excluding hydrogens is 168 g/mol. The molecule has 4 heteroatoms. The normalized spacial score (nSPS) is 8.69. The van der Waals surface area contributed by atoms with Crippen LogP contribution in [-0.4, -0.2) is 29.9 Å². The van der Waals surface area contributed by atoms with Gasteiger partial charge in [0.2, 0.25) is 5.76 Å². The molecule has 0 bridgehead atoms. The SMILES string of the molecule is CC.Cc1ncoc1C(=O)N(C)C. The van der Waals surface area contributed by atoms with Crippen molar-refractivity contribution in [1.29, 1.82) is 0 Å². The molecule has 0 N–H and O–H groups in total. The molecule has 0 spiro atoms. The summed E-state index contributed by atoms with van der Waals surface area (Å²) >= 11 is 0. The molecule has 0 saturated heterocycles. The summed E-state index contributed by atoms with van der Waals surface area (Å²) in [7, 11) is 3.34. The summed E-state index contributed by atoms with van der Waals surface area (Å²) in [4.78, 5) is 16.5. The molecule has 0 unspecified atom stereocenters. The zero-order chi connectivity index (χ0) is 10.4. The number of aromatic nitrogens is 1. The van der Waals surface area contributed by atoms with Crippen LogP contribution in [0.2, 0.25) is 0 Å². The van der Waals surface area contributed by atoms with E-state index in [1.54, 1.807) is 21.0 Å². The van der Waals surface area contributed by atoms with Crippen molar-refractivity contribution in [2.24, 2.45) is 0 Å². The molecule has 0 fully saturated rings. The minimum absolute atomic E-state index is 0.153. The first-order chi connectivity index (χ1) is 6.13. The van der Waals surface area contributed by atoms with Crippen LogP contribution in [0.15, 0.2) is 10.8 Å². The lowest BCUT2D eigenvalue weighted by Gasteiger charge is -2.06. The maximum atomic E-state index is 11.2. The number of oxazole rings is 1. The Balaban J connectivity index is 0.000000671. The maximum absolute atomic E-state index is 11.2. The van der Waals surface area contributed by atoms with Crippen molar-refractivity contribution < 1.29 is 9.21 Å². The van der Waals surface area contributed by atoms with E-state index >= 15 is 0 Å². The molecule has 1 aromatic heterocycles. The lowest BCUT2D eigenvalue weighted by atomic mass is 10.3. The monoisotopic (exact) mass is 184 g/mol. The highest BCUT2D eigenvalue weighted by atomic mass is 16.3. The third kappa shape index (κ3) is 2.89. The number of rotatable bonds is 1. The summed E-state index contributed by atoms with van der Waals surface area (Å²) in [5.74, 6) is 0.162. The first kappa shape index (κ1) is 11.7. The topological polar surface area (TPSA) is 46.3 Å². The van der Waals surface area contributed by atoms with Crippen molar-refractivity contribution in [3.8, 4) is 0 Å². The van der Waals surface area contributed by atoms with Crippen LogP contribution < -0.4 is 0 Å². The number of amides is 1. The Kier molecular flexibility index (Phi) is 4.80. The van der Waals surface area contributed by atoms with E-state index in [1.165, 1.54) is 11.3 Å². The van der Waals surface area contributed by atoms with Gasteiger partial charge in [-0.25, -0.2) is 4.98 Å². The lowest BCUT2D eigenvalue weighted by molar-refractivity contribution is 0.0796. The van der Waals surface area contributed by atoms with E-state index in [9.17, 15) is 4.79 Å². The molecule has 1 amide bonds. The summed E-state index contributed by atoms with van der Waals surface area (Å²) in [6.07, 6.45) is 1.27. The zero-order valence-corrected chi connectivity index (χ0v) is 8.79. The molecular formula is C9H16N2O2. The molecule has 1 heterocycles. The number of carbonyl (C=O) groups excluding carboxylic acids is 1. The Labute approximate surface area is 78.6 Å². The third-order valence-corrected chi connectivity index (χ3v) is 1.35. The first-order valence-corrected chi connectivity index (χ1v) is 4.24. The summed E-state index contributed by atoms with van der Waals surface area (Å²) in [5, 5.41) is 0. The van der Waals surface area contributed by atoms with Gasteiger partial charge in [-0.15, -0.1) is 0 Å². The van der Waals surface area contributed by atoms with Gasteiger partial charge in [0.15, 0.2) is 6.39 Å². The van der Waals surface area contributed by atoms with Crippen molar-refractivity contribution >= 4 is 5.91 Å². The van der Waals surface area contributed by atoms with E-state index in [4.69, 9.17) is 4.42 Å². The van der Waals surface area contributed by atoms with E-state index in [2.05, 4.69) is 4.98 Å². The maximum Gasteiger partial charge on any atom is 0.291 e. The second-order valence-corrected chi connectivity index (χ2v) is 2.47. The number of hydrogen-bond acceptors (Lipinski definition) is 3. The Hall–Kier alpha value is -1.32. The van der Waals surface area contributed by atoms with Gasteiger partial charge < -0.3 is 9.32 Å². The van der Waals surface area contributed by atoms with E-state index in [-0.39, 0.29) is 5.91 Å². The second kappa shape index (κ2) is 5.35. The van der Waals surface area contributed by atoms with Crippen molar-refractivity contribution in [3.63, 3.8) is 0 Å². The first-order valence-electron chi connectivity index (χ1n) is 4.24. The molecule has 0 atom stereocenters. The molecule has 1 rings (SSSR count). The summed E-state index contributed by atoms with van der Waals surface area (Å²) in [5.41, 5.74) is 0.628. The summed E-state index contributed by atoms with van der Waals surface area (Å²) < 4.78 is 4.89. The molecule has 0 aromatic carbocycles. The molecule has 74 valence electrons. The van der Waals surface area contributed by atoms with Crippen molar-refractivity contribution in [2.75, 3.05) is 14.1 Å². The van der Waals surface area contributed by atoms with Gasteiger partial charge in [0.1, 0.15) is 0 Å². The Morgan fingerprint density at radius 3 is 2.31 bits per heavy atom. The predicted octanol–water partition coefficient (Wildman–Crippen LogP) is 1.71. The number of carbonyl (C=O) groups is 1. The number of aryl methyl sites for hydroxylation is 1. The Morgan fingerprint density at radius 1 is 1.46 bits per heavy atom. The van der Waals surface area contributed by atoms with Crippen LogP contribution in [0.25, 0.3) is 0 Å². The van der Waals surface area contributed by atoms with Gasteiger partial charge in [-0.3, -0.25) is 4.79 Å². The van der Waals surface area contributed by atoms with Gasteiger partial charge in [-0.2, -0.15) is 0 Å². The summed E-state index contributed by atoms with van der Waals surface area (Å²) in [6, 6.07) is 0. The van der Waals surface area contributed by atoms with Crippen LogP contribution in [0.5, 0.6) is 0 Å². The molecule has 0 aliphatic heterocycles. The smallest absolute Gasteiger partial charge is 0.291 e. The lowest BCUT2D eigenvalue weighted by Crippen LogP contribution is -2.21. The van der Waals surface area contributed by atoms with Crippen LogP contribution in [0.3, 0.4) is 0 Å². The van der Waals surface area contributed by atoms with Gasteiger partial charge in [0.05, 0.1) is 5.69 Å². The minimum Gasteiger partial charge on any atom is -0.438 e. The van der Waals surface area contributed by atoms with Gasteiger partial charge in [0, 0.05) is 14.1 Å². The molecule has 4 nitrogen and oxygen atoms in total. The molecule has 0 saturated carbocycles. The van der Waals surface area contributed by atoms with Crippen LogP contribution in [0.1, 0.15) is 30.1 Å². The molecule has 1 aromatic rings. The Morgan fingerprint density at radius 2 is 2.00 bits per heavy atom. The van der Waals surface area contributed by atoms with E-state index < -0.39 is 0 Å². The van der Waals surface area contributed by atoms with Gasteiger partial charge in [-0.05, 0) is 6.92 Å². The van der Waals surface area contributed by atoms with Crippen molar-refractivity contribution in [2.45, 2.75) is 20.8 Å². The highest BCUT2D eigenvalue weighted by Crippen LogP contribution is 2.06. The average Bonchev–Trinajstić information content (AvgIpc) is 2.53. The molecule has 0 radical (unpaired) electrons. The number of nitrogens with zero attached hydrogens (tertiary/aromatic N) is 2. The molecule has 0 aliphatic carbocycles. The quantitative estimate of drug-likeness (QED) is 0.667. The minimum atomic E-state index is -0.153. The third-order valence-electron chi connectivity index (χ3n) is 1.35. The fourth-order valence-electron chi connectivity index (χ4n) is 0.710. The summed E-state index contributed by atoms with van der Waals surface area (Å²) in [6.45, 7) is 5.74. The molecule has 0 aliphatic rings. The average molecular weight is 184 g/mol. The molecule has 13 heavy (non-hydrogen) atoms. The highest BCUT2D eigenvalue weighted by molar-refractivity contribution is 5.91. The van der Waals surface area contributed by atoms with Gasteiger partial charge >= 0.3 is 0 Å². The van der Waals surface area contributed by atoms with Gasteiger partial charge in [-0.1, -0.05) is 13.8 Å². The van der Waals surface area contributed by atoms with Gasteiger partial charge in [0.25, 0.3) is 5.91 Å². The van der Waals surface area contributed by atoms with Crippen LogP contribution >= 0.6 is 0 Å². The van der Waals surface area contributed by atoms with E-state index in [0.717, 1.165) is 0 Å². The van der Waals surface area contributed by atoms with E-state index in [0.29, 0.717) is 11.5 Å². The van der Waals surface area contributed by atoms with Crippen LogP contribution in [-0.2, 0) is 0 Å². The Bertz CT molecular complexity index is 266. The second-order valence-electron chi connectivity index (χ2n) is 2.47. The highest BCUT2D eigenvalue weighted by Gasteiger charge is 2.14. The van der Waals surface area contributed by atoms with Crippen molar-refractivity contribution in [1.82, 2.24) is 9.88 Å². The predicted molar refractivity (Wildman–Crippen MR) is 50.6 cm³/mol. The van der Waals surface area contributed by atoms with E-state index in [1.807, 2.05) is 13.8 Å².